The van der Waals surface area contributed by atoms with Gasteiger partial charge in [-0.3, -0.25) is 4.79 Å². The van der Waals surface area contributed by atoms with Gasteiger partial charge in [0.25, 0.3) is 0 Å². The number of ether oxygens (including phenoxy) is 2. The molecule has 2 aliphatic rings. The molecule has 0 saturated carbocycles. The van der Waals surface area contributed by atoms with E-state index in [1.54, 1.807) is 4.68 Å². The van der Waals surface area contributed by atoms with Gasteiger partial charge in [0.15, 0.2) is 16.4 Å². The summed E-state index contributed by atoms with van der Waals surface area (Å²) in [7, 11) is 1.86. The topological polar surface area (TPSA) is 58.3 Å². The molecule has 2 aromatic rings. The molecular weight excluding hydrogens is 338 g/mol. The third kappa shape index (κ3) is 2.44. The third-order valence-corrected chi connectivity index (χ3v) is 4.95. The van der Waals surface area contributed by atoms with Crippen LogP contribution in [-0.2, 0) is 21.3 Å². The van der Waals surface area contributed by atoms with Crippen molar-refractivity contribution < 1.29 is 14.3 Å². The molecule has 2 fully saturated rings. The zero-order valence-corrected chi connectivity index (χ0v) is 13.9. The van der Waals surface area contributed by atoms with Crippen molar-refractivity contribution in [2.45, 2.75) is 24.9 Å². The van der Waals surface area contributed by atoms with Crippen molar-refractivity contribution in [3.63, 3.8) is 0 Å². The first-order chi connectivity index (χ1) is 11.0. The molecule has 2 bridgehead atoms. The van der Waals surface area contributed by atoms with Crippen LogP contribution >= 0.6 is 23.8 Å². The number of hydrogen-bond acceptors (Lipinski definition) is 5. The molecule has 2 saturated heterocycles. The standard InChI is InChI=1S/C15H14ClN3O3S/c1-18-13(8-2-4-9(16)5-3-8)17-19(15(18)23)10-6-11(20)14-21-7-12(10)22-14/h2-5,10,12,14H,6-7H2,1H3/t10-,12-,14-/m1/s1. The van der Waals surface area contributed by atoms with Crippen LogP contribution in [0.15, 0.2) is 24.3 Å². The van der Waals surface area contributed by atoms with Gasteiger partial charge >= 0.3 is 0 Å². The Kier molecular flexibility index (Phi) is 3.60. The van der Waals surface area contributed by atoms with Crippen LogP contribution in [0.2, 0.25) is 5.02 Å². The molecule has 0 unspecified atom stereocenters. The first-order valence-corrected chi connectivity index (χ1v) is 8.04. The summed E-state index contributed by atoms with van der Waals surface area (Å²) < 4.78 is 15.0. The summed E-state index contributed by atoms with van der Waals surface area (Å²) in [6, 6.07) is 7.16. The van der Waals surface area contributed by atoms with Crippen LogP contribution in [-0.4, -0.2) is 39.1 Å². The van der Waals surface area contributed by atoms with E-state index >= 15 is 0 Å². The maximum atomic E-state index is 12.0. The van der Waals surface area contributed by atoms with Gasteiger partial charge in [0, 0.05) is 24.1 Å². The molecule has 1 aromatic heterocycles. The molecule has 6 nitrogen and oxygen atoms in total. The third-order valence-electron chi connectivity index (χ3n) is 4.23. The van der Waals surface area contributed by atoms with E-state index in [9.17, 15) is 4.79 Å². The van der Waals surface area contributed by atoms with E-state index in [0.717, 1.165) is 11.4 Å². The molecule has 0 spiro atoms. The summed E-state index contributed by atoms with van der Waals surface area (Å²) in [4.78, 5) is 12.0. The van der Waals surface area contributed by atoms with Crippen LogP contribution in [0.25, 0.3) is 11.4 Å². The van der Waals surface area contributed by atoms with Gasteiger partial charge in [-0.2, -0.15) is 5.10 Å². The van der Waals surface area contributed by atoms with Crippen LogP contribution < -0.4 is 0 Å². The number of nitrogens with zero attached hydrogens (tertiary/aromatic N) is 3. The summed E-state index contributed by atoms with van der Waals surface area (Å²) in [5.41, 5.74) is 0.908. The molecule has 0 N–H and O–H groups in total. The van der Waals surface area contributed by atoms with Crippen LogP contribution in [0.3, 0.4) is 0 Å². The predicted octanol–water partition coefficient (Wildman–Crippen LogP) is 2.53. The molecule has 0 aliphatic carbocycles. The van der Waals surface area contributed by atoms with Crippen molar-refractivity contribution >= 4 is 29.6 Å². The van der Waals surface area contributed by atoms with Gasteiger partial charge in [0.05, 0.1) is 12.6 Å². The smallest absolute Gasteiger partial charge is 0.218 e. The van der Waals surface area contributed by atoms with Crippen LogP contribution in [0.4, 0.5) is 0 Å². The number of halogens is 1. The molecule has 8 heteroatoms. The average molecular weight is 352 g/mol. The number of fused-ring (bicyclic) bond motifs is 2. The first kappa shape index (κ1) is 15.0. The Morgan fingerprint density at radius 2 is 2.09 bits per heavy atom. The summed E-state index contributed by atoms with van der Waals surface area (Å²) in [6.07, 6.45) is -0.594. The lowest BCUT2D eigenvalue weighted by molar-refractivity contribution is -0.156. The monoisotopic (exact) mass is 351 g/mol. The van der Waals surface area contributed by atoms with Gasteiger partial charge in [0.1, 0.15) is 6.10 Å². The van der Waals surface area contributed by atoms with E-state index in [2.05, 4.69) is 5.10 Å². The van der Waals surface area contributed by atoms with E-state index in [1.807, 2.05) is 35.9 Å². The van der Waals surface area contributed by atoms with Gasteiger partial charge in [-0.15, -0.1) is 0 Å². The van der Waals surface area contributed by atoms with Crippen molar-refractivity contribution in [2.24, 2.45) is 7.05 Å². The van der Waals surface area contributed by atoms with Crippen molar-refractivity contribution in [3.8, 4) is 11.4 Å². The normalized spacial score (nSPS) is 26.7. The fourth-order valence-corrected chi connectivity index (χ4v) is 3.38. The summed E-state index contributed by atoms with van der Waals surface area (Å²) in [5, 5.41) is 5.29. The number of benzene rings is 1. The Labute approximate surface area is 142 Å². The SMILES string of the molecule is Cn1c(-c2ccc(Cl)cc2)nn([C@@H]2CC(=O)[C@@H]3OC[C@H]2O3)c1=S. The van der Waals surface area contributed by atoms with Crippen LogP contribution in [0, 0.1) is 4.77 Å². The molecule has 0 amide bonds. The van der Waals surface area contributed by atoms with Crippen molar-refractivity contribution in [1.29, 1.82) is 0 Å². The predicted molar refractivity (Wildman–Crippen MR) is 85.8 cm³/mol. The van der Waals surface area contributed by atoms with E-state index < -0.39 is 6.29 Å². The molecule has 0 radical (unpaired) electrons. The minimum atomic E-state index is -0.718. The lowest BCUT2D eigenvalue weighted by atomic mass is 10.0. The Hall–Kier alpha value is -1.54. The van der Waals surface area contributed by atoms with Crippen LogP contribution in [0.5, 0.6) is 0 Å². The lowest BCUT2D eigenvalue weighted by Gasteiger charge is -2.26. The van der Waals surface area contributed by atoms with Gasteiger partial charge < -0.3 is 14.0 Å². The molecule has 23 heavy (non-hydrogen) atoms. The van der Waals surface area contributed by atoms with E-state index in [4.69, 9.17) is 33.3 Å². The minimum absolute atomic E-state index is 0.0654. The average Bonchev–Trinajstić information content (AvgIpc) is 3.09. The number of Topliss-reactive ketones (excluding diaryl/α,β-unsaturated/α-hetero) is 1. The zero-order chi connectivity index (χ0) is 16.1. The number of rotatable bonds is 2. The van der Waals surface area contributed by atoms with E-state index in [0.29, 0.717) is 22.8 Å². The second-order valence-electron chi connectivity index (χ2n) is 5.69. The summed E-state index contributed by atoms with van der Waals surface area (Å²) in [6.45, 7) is 0.385. The Balaban J connectivity index is 1.76. The maximum absolute atomic E-state index is 12.0. The highest BCUT2D eigenvalue weighted by atomic mass is 35.5. The van der Waals surface area contributed by atoms with Gasteiger partial charge in [0.2, 0.25) is 6.29 Å². The molecule has 2 aliphatic heterocycles. The first-order valence-electron chi connectivity index (χ1n) is 7.26. The quantitative estimate of drug-likeness (QED) is 0.778. The molecule has 4 rings (SSSR count). The molecule has 3 atom stereocenters. The maximum Gasteiger partial charge on any atom is 0.218 e. The Bertz CT molecular complexity index is 829. The highest BCUT2D eigenvalue weighted by molar-refractivity contribution is 7.71. The van der Waals surface area contributed by atoms with E-state index in [1.165, 1.54) is 0 Å². The molecular formula is C15H14ClN3O3S. The van der Waals surface area contributed by atoms with E-state index in [-0.39, 0.29) is 17.9 Å². The second-order valence-corrected chi connectivity index (χ2v) is 6.50. The van der Waals surface area contributed by atoms with Crippen molar-refractivity contribution in [3.05, 3.63) is 34.1 Å². The number of hydrogen-bond donors (Lipinski definition) is 0. The highest BCUT2D eigenvalue weighted by Gasteiger charge is 2.45. The zero-order valence-electron chi connectivity index (χ0n) is 12.3. The van der Waals surface area contributed by atoms with Gasteiger partial charge in [-0.25, -0.2) is 4.68 Å². The molecule has 3 heterocycles. The van der Waals surface area contributed by atoms with Crippen LogP contribution in [0.1, 0.15) is 12.5 Å². The van der Waals surface area contributed by atoms with Gasteiger partial charge in [-0.05, 0) is 36.5 Å². The van der Waals surface area contributed by atoms with Crippen molar-refractivity contribution in [2.75, 3.05) is 6.61 Å². The highest BCUT2D eigenvalue weighted by Crippen LogP contribution is 2.33. The fraction of sp³-hybridized carbons (Fsp3) is 0.400. The van der Waals surface area contributed by atoms with Crippen molar-refractivity contribution in [1.82, 2.24) is 14.3 Å². The second kappa shape index (κ2) is 5.52. The number of ketones is 1. The summed E-state index contributed by atoms with van der Waals surface area (Å²) >= 11 is 11.4. The lowest BCUT2D eigenvalue weighted by Crippen LogP contribution is -2.37. The molecule has 1 aromatic carbocycles. The largest absolute Gasteiger partial charge is 0.343 e. The summed E-state index contributed by atoms with van der Waals surface area (Å²) in [5.74, 6) is 0.657. The Morgan fingerprint density at radius 3 is 2.83 bits per heavy atom. The number of aromatic nitrogens is 3. The number of carbonyl (C=O) groups excluding carboxylic acids is 1. The number of carbonyl (C=O) groups is 1. The Morgan fingerprint density at radius 1 is 1.35 bits per heavy atom. The molecule has 120 valence electrons. The minimum Gasteiger partial charge on any atom is -0.343 e. The van der Waals surface area contributed by atoms with Gasteiger partial charge in [-0.1, -0.05) is 11.6 Å². The fourth-order valence-electron chi connectivity index (χ4n) is 2.99.